The van der Waals surface area contributed by atoms with Gasteiger partial charge in [0.05, 0.1) is 25.4 Å². The Kier molecular flexibility index (Phi) is 30.6. The smallest absolute Gasteiger partial charge is 0.220 e. The lowest BCUT2D eigenvalue weighted by Gasteiger charge is -2.40. The maximum atomic E-state index is 12.7. The fraction of sp³-hybridized carbons (Fsp3) is 0.614. The van der Waals surface area contributed by atoms with Gasteiger partial charge in [0, 0.05) is 6.42 Å². The Morgan fingerprint density at radius 2 is 1.15 bits per heavy atom. The van der Waals surface area contributed by atoms with Gasteiger partial charge in [-0.25, -0.2) is 0 Å². The zero-order valence-corrected chi connectivity index (χ0v) is 32.5. The molecule has 0 spiro atoms. The minimum Gasteiger partial charge on any atom is -0.394 e. The van der Waals surface area contributed by atoms with Gasteiger partial charge in [0.2, 0.25) is 5.91 Å². The van der Waals surface area contributed by atoms with Crippen LogP contribution in [0.25, 0.3) is 0 Å². The monoisotopic (exact) mass is 742 g/mol. The number of amides is 1. The molecule has 0 aromatic rings. The van der Waals surface area contributed by atoms with Crippen LogP contribution in [0.2, 0.25) is 0 Å². The van der Waals surface area contributed by atoms with Gasteiger partial charge in [0.1, 0.15) is 24.4 Å². The third-order valence-corrected chi connectivity index (χ3v) is 8.70. The summed E-state index contributed by atoms with van der Waals surface area (Å²) in [7, 11) is 0. The molecule has 1 saturated heterocycles. The van der Waals surface area contributed by atoms with E-state index in [-0.39, 0.29) is 12.5 Å². The molecule has 9 heteroatoms. The number of nitrogens with one attached hydrogen (secondary N) is 1. The van der Waals surface area contributed by atoms with Gasteiger partial charge in [-0.1, -0.05) is 130 Å². The van der Waals surface area contributed by atoms with Gasteiger partial charge in [-0.05, 0) is 77.0 Å². The van der Waals surface area contributed by atoms with Gasteiger partial charge in [0.25, 0.3) is 0 Å². The van der Waals surface area contributed by atoms with Crippen molar-refractivity contribution in [1.82, 2.24) is 5.32 Å². The van der Waals surface area contributed by atoms with Crippen LogP contribution in [-0.2, 0) is 14.3 Å². The van der Waals surface area contributed by atoms with Gasteiger partial charge >= 0.3 is 0 Å². The average molecular weight is 742 g/mol. The molecule has 7 atom stereocenters. The van der Waals surface area contributed by atoms with E-state index in [1.165, 1.54) is 0 Å². The Hall–Kier alpha value is -2.89. The molecule has 1 aliphatic heterocycles. The molecule has 0 aliphatic carbocycles. The SMILES string of the molecule is CC/C=C\C/C=C\C/C=C\C/C=C\C/C=C\C/C=C\C/C=C\C/C=C\CCCCC(=O)NC(COC1OC(CO)C(O)C(O)C1O)C(O)CCCCC. The first kappa shape index (κ1) is 48.1. The predicted molar refractivity (Wildman–Crippen MR) is 216 cm³/mol. The van der Waals surface area contributed by atoms with Crippen molar-refractivity contribution in [3.63, 3.8) is 0 Å². The molecule has 1 aliphatic rings. The van der Waals surface area contributed by atoms with Gasteiger partial charge in [-0.2, -0.15) is 0 Å². The van der Waals surface area contributed by atoms with Crippen molar-refractivity contribution < 1.29 is 39.8 Å². The van der Waals surface area contributed by atoms with Crippen LogP contribution >= 0.6 is 0 Å². The molecule has 0 aromatic carbocycles. The van der Waals surface area contributed by atoms with E-state index in [0.717, 1.165) is 83.5 Å². The second kappa shape index (κ2) is 33.7. The first-order valence-corrected chi connectivity index (χ1v) is 19.9. The Balaban J connectivity index is 2.22. The van der Waals surface area contributed by atoms with Crippen molar-refractivity contribution >= 4 is 5.91 Å². The molecular formula is C44H71NO8. The van der Waals surface area contributed by atoms with Crippen LogP contribution in [0.5, 0.6) is 0 Å². The first-order chi connectivity index (χ1) is 25.8. The number of hydrogen-bond donors (Lipinski definition) is 6. The maximum Gasteiger partial charge on any atom is 0.220 e. The summed E-state index contributed by atoms with van der Waals surface area (Å²) >= 11 is 0. The predicted octanol–water partition coefficient (Wildman–Crippen LogP) is 7.38. The van der Waals surface area contributed by atoms with Crippen LogP contribution < -0.4 is 5.32 Å². The Bertz CT molecular complexity index is 1140. The molecule has 0 bridgehead atoms. The topological polar surface area (TPSA) is 149 Å². The zero-order valence-electron chi connectivity index (χ0n) is 32.5. The minimum atomic E-state index is -1.56. The number of carbonyl (C=O) groups is 1. The van der Waals surface area contributed by atoms with Crippen molar-refractivity contribution in [3.05, 3.63) is 97.2 Å². The van der Waals surface area contributed by atoms with E-state index in [0.29, 0.717) is 19.3 Å². The number of aliphatic hydroxyl groups excluding tert-OH is 5. The summed E-state index contributed by atoms with van der Waals surface area (Å²) in [4.78, 5) is 12.7. The molecule has 53 heavy (non-hydrogen) atoms. The summed E-state index contributed by atoms with van der Waals surface area (Å²) in [6, 6.07) is -0.744. The van der Waals surface area contributed by atoms with Gasteiger partial charge in [0.15, 0.2) is 6.29 Å². The van der Waals surface area contributed by atoms with Crippen molar-refractivity contribution in [2.45, 2.75) is 159 Å². The largest absolute Gasteiger partial charge is 0.394 e. The average Bonchev–Trinajstić information content (AvgIpc) is 3.15. The normalized spacial score (nSPS) is 22.7. The second-order valence-electron chi connectivity index (χ2n) is 13.3. The molecule has 1 fully saturated rings. The van der Waals surface area contributed by atoms with E-state index in [2.05, 4.69) is 116 Å². The van der Waals surface area contributed by atoms with Crippen LogP contribution in [0.4, 0.5) is 0 Å². The second-order valence-corrected chi connectivity index (χ2v) is 13.3. The van der Waals surface area contributed by atoms with Crippen LogP contribution in [0, 0.1) is 0 Å². The minimum absolute atomic E-state index is 0.169. The molecule has 1 amide bonds. The summed E-state index contributed by atoms with van der Waals surface area (Å²) in [6.45, 7) is 3.48. The van der Waals surface area contributed by atoms with Crippen molar-refractivity contribution in [2.75, 3.05) is 13.2 Å². The highest BCUT2D eigenvalue weighted by atomic mass is 16.7. The van der Waals surface area contributed by atoms with E-state index in [1.54, 1.807) is 0 Å². The summed E-state index contributed by atoms with van der Waals surface area (Å²) in [5.41, 5.74) is 0. The van der Waals surface area contributed by atoms with E-state index in [1.807, 2.05) is 0 Å². The third kappa shape index (κ3) is 24.9. The van der Waals surface area contributed by atoms with E-state index in [4.69, 9.17) is 9.47 Å². The number of aliphatic hydroxyl groups is 5. The van der Waals surface area contributed by atoms with Crippen LogP contribution in [0.1, 0.15) is 117 Å². The number of carbonyl (C=O) groups excluding carboxylic acids is 1. The standard InChI is InChI=1S/C44H71NO8/c1-3-5-7-8-9-10-11-12-13-14-15-16-17-18-19-20-21-22-23-24-25-26-27-28-29-30-32-34-40(48)45-37(38(47)33-31-6-4-2)36-52-44-43(51)42(50)41(49)39(35-46)53-44/h5,7,9-10,12-13,15-16,18-19,21-22,24-25,27-28,37-39,41-44,46-47,49-51H,3-4,6,8,11,14,17,20,23,26,29-36H2,1-2H3,(H,45,48)/b7-5-,10-9-,13-12-,16-15-,19-18-,22-21-,25-24-,28-27-. The Morgan fingerprint density at radius 1 is 0.660 bits per heavy atom. The number of ether oxygens (including phenoxy) is 2. The molecule has 0 saturated carbocycles. The summed E-state index contributed by atoms with van der Waals surface area (Å²) in [5.74, 6) is -0.205. The number of allylic oxidation sites excluding steroid dienone is 16. The lowest BCUT2D eigenvalue weighted by Crippen LogP contribution is -2.60. The maximum absolute atomic E-state index is 12.7. The molecule has 1 rings (SSSR count). The fourth-order valence-electron chi connectivity index (χ4n) is 5.47. The molecule has 9 nitrogen and oxygen atoms in total. The molecule has 0 radical (unpaired) electrons. The number of unbranched alkanes of at least 4 members (excludes halogenated alkanes) is 4. The van der Waals surface area contributed by atoms with Crippen LogP contribution in [0.15, 0.2) is 97.2 Å². The molecule has 300 valence electrons. The fourth-order valence-corrected chi connectivity index (χ4v) is 5.47. The summed E-state index contributed by atoms with van der Waals surface area (Å²) in [5, 5.41) is 53.4. The first-order valence-electron chi connectivity index (χ1n) is 19.9. The van der Waals surface area contributed by atoms with Gasteiger partial charge < -0.3 is 40.3 Å². The van der Waals surface area contributed by atoms with Gasteiger partial charge in [-0.3, -0.25) is 4.79 Å². The summed E-state index contributed by atoms with van der Waals surface area (Å²) in [6.07, 6.45) is 40.8. The van der Waals surface area contributed by atoms with Gasteiger partial charge in [-0.15, -0.1) is 0 Å². The van der Waals surface area contributed by atoms with Crippen LogP contribution in [0.3, 0.4) is 0 Å². The van der Waals surface area contributed by atoms with E-state index < -0.39 is 49.5 Å². The number of hydrogen-bond acceptors (Lipinski definition) is 8. The Morgan fingerprint density at radius 3 is 1.62 bits per heavy atom. The van der Waals surface area contributed by atoms with E-state index in [9.17, 15) is 30.3 Å². The third-order valence-electron chi connectivity index (χ3n) is 8.70. The van der Waals surface area contributed by atoms with Crippen molar-refractivity contribution in [3.8, 4) is 0 Å². The highest BCUT2D eigenvalue weighted by Gasteiger charge is 2.44. The van der Waals surface area contributed by atoms with E-state index >= 15 is 0 Å². The molecule has 7 unspecified atom stereocenters. The molecular weight excluding hydrogens is 670 g/mol. The highest BCUT2D eigenvalue weighted by Crippen LogP contribution is 2.22. The van der Waals surface area contributed by atoms with Crippen molar-refractivity contribution in [1.29, 1.82) is 0 Å². The number of rotatable bonds is 30. The van der Waals surface area contributed by atoms with Crippen molar-refractivity contribution in [2.24, 2.45) is 0 Å². The Labute approximate surface area is 320 Å². The lowest BCUT2D eigenvalue weighted by atomic mass is 9.99. The lowest BCUT2D eigenvalue weighted by molar-refractivity contribution is -0.302. The zero-order chi connectivity index (χ0) is 38.8. The quantitative estimate of drug-likeness (QED) is 0.0330. The highest BCUT2D eigenvalue weighted by molar-refractivity contribution is 5.76. The van der Waals surface area contributed by atoms with Crippen LogP contribution in [-0.4, -0.2) is 87.5 Å². The molecule has 1 heterocycles. The molecule has 0 aromatic heterocycles. The molecule has 6 N–H and O–H groups in total. The summed E-state index contributed by atoms with van der Waals surface area (Å²) < 4.78 is 11.0.